The Morgan fingerprint density at radius 3 is 2.21 bits per heavy atom. The number of halogens is 1. The summed E-state index contributed by atoms with van der Waals surface area (Å²) in [5, 5.41) is 5.13. The molecule has 0 atom stereocenters. The van der Waals surface area contributed by atoms with Crippen molar-refractivity contribution in [3.63, 3.8) is 0 Å². The van der Waals surface area contributed by atoms with Crippen LogP contribution in [0, 0.1) is 0 Å². The minimum Gasteiger partial charge on any atom is -0.339 e. The molecule has 0 bridgehead atoms. The van der Waals surface area contributed by atoms with Crippen molar-refractivity contribution in [1.29, 1.82) is 0 Å². The minimum absolute atomic E-state index is 0.0746. The largest absolute Gasteiger partial charge is 0.339 e. The Labute approximate surface area is 172 Å². The van der Waals surface area contributed by atoms with E-state index >= 15 is 0 Å². The number of nitrogens with one attached hydrogen (secondary N) is 1. The highest BCUT2D eigenvalue weighted by molar-refractivity contribution is 8.25. The molecule has 0 unspecified atom stereocenters. The van der Waals surface area contributed by atoms with Crippen molar-refractivity contribution in [1.82, 2.24) is 19.7 Å². The molecule has 0 saturated heterocycles. The molecule has 2 heterocycles. The molecule has 0 radical (unpaired) electrons. The molecule has 0 saturated carbocycles. The van der Waals surface area contributed by atoms with Gasteiger partial charge in [-0.15, -0.1) is 0 Å². The molecule has 6 nitrogen and oxygen atoms in total. The second kappa shape index (κ2) is 6.91. The summed E-state index contributed by atoms with van der Waals surface area (Å²) < 4.78 is 22.9. The number of rotatable bonds is 4. The number of hydrogen-bond donors (Lipinski definition) is 3. The first-order valence-electron chi connectivity index (χ1n) is 8.98. The fraction of sp³-hybridized carbons (Fsp3) is 0.400. The average molecular weight is 423 g/mol. The van der Waals surface area contributed by atoms with E-state index in [2.05, 4.69) is 35.8 Å². The van der Waals surface area contributed by atoms with Gasteiger partial charge < -0.3 is 4.98 Å². The molecule has 0 aliphatic heterocycles. The van der Waals surface area contributed by atoms with Gasteiger partial charge in [-0.2, -0.15) is 15.7 Å². The highest BCUT2D eigenvalue weighted by atomic mass is 35.5. The van der Waals surface area contributed by atoms with Crippen LogP contribution in [-0.2, 0) is 17.2 Å². The zero-order valence-corrected chi connectivity index (χ0v) is 18.6. The number of H-pyrrole nitrogens is 1. The Hall–Kier alpha value is -1.80. The van der Waals surface area contributed by atoms with Gasteiger partial charge in [-0.05, 0) is 44.2 Å². The predicted octanol–water partition coefficient (Wildman–Crippen LogP) is 5.81. The van der Waals surface area contributed by atoms with E-state index in [0.29, 0.717) is 21.4 Å². The fourth-order valence-electron chi connectivity index (χ4n) is 2.89. The lowest BCUT2D eigenvalue weighted by Crippen LogP contribution is -2.26. The fourth-order valence-corrected chi connectivity index (χ4v) is 4.53. The zero-order chi connectivity index (χ0) is 20.9. The van der Waals surface area contributed by atoms with Crippen molar-refractivity contribution in [3.8, 4) is 11.5 Å². The van der Waals surface area contributed by atoms with Crippen LogP contribution in [0.4, 0.5) is 0 Å². The normalized spacial score (nSPS) is 13.8. The van der Waals surface area contributed by atoms with E-state index in [0.717, 1.165) is 11.4 Å². The number of benzene rings is 1. The predicted molar refractivity (Wildman–Crippen MR) is 115 cm³/mol. The van der Waals surface area contributed by atoms with Gasteiger partial charge in [0.25, 0.3) is 0 Å². The summed E-state index contributed by atoms with van der Waals surface area (Å²) in [5.74, 6) is 0.639. The van der Waals surface area contributed by atoms with Crippen molar-refractivity contribution >= 4 is 22.2 Å². The van der Waals surface area contributed by atoms with Crippen LogP contribution in [0.15, 0.2) is 41.4 Å². The van der Waals surface area contributed by atoms with Crippen LogP contribution < -0.4 is 0 Å². The van der Waals surface area contributed by atoms with E-state index in [-0.39, 0.29) is 5.41 Å². The van der Waals surface area contributed by atoms with Gasteiger partial charge in [0.2, 0.25) is 0 Å². The monoisotopic (exact) mass is 422 g/mol. The van der Waals surface area contributed by atoms with Crippen LogP contribution in [0.3, 0.4) is 0 Å². The third-order valence-electron chi connectivity index (χ3n) is 4.97. The van der Waals surface area contributed by atoms with Gasteiger partial charge in [0.1, 0.15) is 5.69 Å². The van der Waals surface area contributed by atoms with Crippen molar-refractivity contribution < 1.29 is 9.11 Å². The number of aromatic nitrogens is 4. The standard InChI is InChI=1S/C20H27ClN4O2S/c1-19(2,3)16-11-15(25(6)24-16)18-22-12-17(23-18)20(4,5)28(26,27)14-9-7-13(21)8-10-14/h7-12,26-27H,1-6H3,(H,22,23). The minimum atomic E-state index is -3.16. The molecule has 152 valence electrons. The lowest BCUT2D eigenvalue weighted by Gasteiger charge is -2.46. The third-order valence-corrected chi connectivity index (χ3v) is 7.79. The Kier molecular flexibility index (Phi) is 5.17. The maximum absolute atomic E-state index is 11.0. The summed E-state index contributed by atoms with van der Waals surface area (Å²) in [5.41, 5.74) is 2.37. The van der Waals surface area contributed by atoms with Crippen LogP contribution >= 0.6 is 22.2 Å². The van der Waals surface area contributed by atoms with Gasteiger partial charge in [-0.1, -0.05) is 32.4 Å². The number of imidazole rings is 1. The van der Waals surface area contributed by atoms with Crippen molar-refractivity contribution in [2.45, 2.75) is 49.7 Å². The van der Waals surface area contributed by atoms with Crippen LogP contribution in [-0.4, -0.2) is 28.9 Å². The second-order valence-corrected chi connectivity index (χ2v) is 11.5. The smallest absolute Gasteiger partial charge is 0.155 e. The molecular weight excluding hydrogens is 396 g/mol. The molecule has 0 aliphatic carbocycles. The molecule has 3 N–H and O–H groups in total. The summed E-state index contributed by atoms with van der Waals surface area (Å²) in [4.78, 5) is 8.19. The number of hydrogen-bond acceptors (Lipinski definition) is 4. The number of nitrogens with zero attached hydrogens (tertiary/aromatic N) is 3. The van der Waals surface area contributed by atoms with Gasteiger partial charge in [0.15, 0.2) is 5.82 Å². The SMILES string of the molecule is Cn1nc(C(C)(C)C)cc1-c1ncc(C(C)(C)S(O)(O)c2ccc(Cl)cc2)[nH]1. The van der Waals surface area contributed by atoms with Crippen LogP contribution in [0.1, 0.15) is 46.0 Å². The lowest BCUT2D eigenvalue weighted by molar-refractivity contribution is 0.443. The Bertz CT molecular complexity index is 985. The van der Waals surface area contributed by atoms with Crippen molar-refractivity contribution in [2.24, 2.45) is 7.05 Å². The summed E-state index contributed by atoms with van der Waals surface area (Å²) in [6.45, 7) is 9.90. The van der Waals surface area contributed by atoms with Crippen molar-refractivity contribution in [2.75, 3.05) is 0 Å². The molecule has 0 amide bonds. The summed E-state index contributed by atoms with van der Waals surface area (Å²) in [6.07, 6.45) is 1.66. The molecule has 0 spiro atoms. The van der Waals surface area contributed by atoms with E-state index in [1.807, 2.05) is 13.1 Å². The number of aromatic amines is 1. The van der Waals surface area contributed by atoms with Crippen LogP contribution in [0.5, 0.6) is 0 Å². The van der Waals surface area contributed by atoms with Gasteiger partial charge in [-0.25, -0.2) is 4.98 Å². The average Bonchev–Trinajstić information content (AvgIpc) is 3.21. The Morgan fingerprint density at radius 2 is 1.68 bits per heavy atom. The summed E-state index contributed by atoms with van der Waals surface area (Å²) in [6, 6.07) is 8.61. The van der Waals surface area contributed by atoms with E-state index in [1.165, 1.54) is 0 Å². The molecule has 8 heteroatoms. The molecular formula is C20H27ClN4O2S. The maximum Gasteiger partial charge on any atom is 0.155 e. The van der Waals surface area contributed by atoms with E-state index in [4.69, 9.17) is 11.6 Å². The van der Waals surface area contributed by atoms with Gasteiger partial charge in [0.05, 0.1) is 27.2 Å². The first kappa shape index (κ1) is 20.9. The Balaban J connectivity index is 1.99. The van der Waals surface area contributed by atoms with E-state index < -0.39 is 15.3 Å². The maximum atomic E-state index is 11.0. The third kappa shape index (κ3) is 3.59. The van der Waals surface area contributed by atoms with E-state index in [9.17, 15) is 9.11 Å². The number of aryl methyl sites for hydroxylation is 1. The zero-order valence-electron chi connectivity index (χ0n) is 17.0. The van der Waals surface area contributed by atoms with Crippen molar-refractivity contribution in [3.05, 3.63) is 52.9 Å². The second-order valence-electron chi connectivity index (χ2n) is 8.45. The Morgan fingerprint density at radius 1 is 1.07 bits per heavy atom. The van der Waals surface area contributed by atoms with Gasteiger partial charge in [-0.3, -0.25) is 13.8 Å². The molecule has 3 aromatic rings. The lowest BCUT2D eigenvalue weighted by atomic mass is 9.92. The first-order valence-corrected chi connectivity index (χ1v) is 10.9. The quantitative estimate of drug-likeness (QED) is 0.495. The summed E-state index contributed by atoms with van der Waals surface area (Å²) in [7, 11) is -1.28. The molecule has 0 aliphatic rings. The molecule has 28 heavy (non-hydrogen) atoms. The molecule has 3 rings (SSSR count). The highest BCUT2D eigenvalue weighted by Gasteiger charge is 2.39. The molecule has 0 fully saturated rings. The summed E-state index contributed by atoms with van der Waals surface area (Å²) >= 11 is 5.93. The first-order chi connectivity index (χ1) is 12.8. The van der Waals surface area contributed by atoms with E-state index in [1.54, 1.807) is 49.0 Å². The highest BCUT2D eigenvalue weighted by Crippen LogP contribution is 2.63. The van der Waals surface area contributed by atoms with Gasteiger partial charge in [0, 0.05) is 17.5 Å². The molecule has 2 aromatic heterocycles. The van der Waals surface area contributed by atoms with Crippen LogP contribution in [0.2, 0.25) is 5.02 Å². The molecule has 1 aromatic carbocycles. The topological polar surface area (TPSA) is 87.0 Å². The van der Waals surface area contributed by atoms with Gasteiger partial charge >= 0.3 is 0 Å². The van der Waals surface area contributed by atoms with Crippen LogP contribution in [0.25, 0.3) is 11.5 Å².